The van der Waals surface area contributed by atoms with Crippen molar-refractivity contribution < 1.29 is 4.79 Å². The zero-order chi connectivity index (χ0) is 14.7. The van der Waals surface area contributed by atoms with E-state index in [1.54, 1.807) is 0 Å². The molecule has 3 rings (SSSR count). The van der Waals surface area contributed by atoms with Gasteiger partial charge < -0.3 is 4.90 Å². The Balaban J connectivity index is 1.70. The van der Waals surface area contributed by atoms with Gasteiger partial charge in [0.2, 0.25) is 0 Å². The molecule has 0 N–H and O–H groups in total. The Morgan fingerprint density at radius 2 is 2.05 bits per heavy atom. The van der Waals surface area contributed by atoms with E-state index >= 15 is 0 Å². The molecule has 1 aromatic carbocycles. The topological polar surface area (TPSA) is 20.3 Å². The molecule has 1 aromatic heterocycles. The predicted molar refractivity (Wildman–Crippen MR) is 94.2 cm³/mol. The van der Waals surface area contributed by atoms with Crippen molar-refractivity contribution in [2.75, 3.05) is 18.8 Å². The molecule has 1 atom stereocenters. The monoisotopic (exact) mass is 381 g/mol. The maximum Gasteiger partial charge on any atom is 0.255 e. The Morgan fingerprint density at radius 1 is 1.19 bits per heavy atom. The number of benzene rings is 1. The number of hydrogen-bond donors (Lipinski definition) is 0. The lowest BCUT2D eigenvalue weighted by atomic mass is 10.2. The van der Waals surface area contributed by atoms with E-state index in [0.717, 1.165) is 35.3 Å². The quantitative estimate of drug-likeness (QED) is 0.742. The number of thioether (sulfide) groups is 1. The largest absolute Gasteiger partial charge is 0.338 e. The molecule has 1 saturated heterocycles. The third-order valence-corrected chi connectivity index (χ3v) is 6.73. The summed E-state index contributed by atoms with van der Waals surface area (Å²) in [7, 11) is 0. The summed E-state index contributed by atoms with van der Waals surface area (Å²) >= 11 is 7.26. The van der Waals surface area contributed by atoms with Gasteiger partial charge in [0.05, 0.1) is 5.56 Å². The van der Waals surface area contributed by atoms with E-state index in [0.29, 0.717) is 5.25 Å². The Kier molecular flexibility index (Phi) is 5.03. The molecule has 2 nitrogen and oxygen atoms in total. The van der Waals surface area contributed by atoms with Crippen molar-refractivity contribution in [1.82, 2.24) is 4.90 Å². The van der Waals surface area contributed by atoms with Gasteiger partial charge in [0.25, 0.3) is 5.91 Å². The second-order valence-electron chi connectivity index (χ2n) is 4.94. The first-order valence-corrected chi connectivity index (χ1v) is 9.66. The molecule has 1 fully saturated rings. The van der Waals surface area contributed by atoms with Crippen molar-refractivity contribution >= 4 is 44.9 Å². The second-order valence-corrected chi connectivity index (χ2v) is 8.08. The molecule has 0 bridgehead atoms. The molecule has 5 heteroatoms. The Bertz CT molecular complexity index is 614. The highest BCUT2D eigenvalue weighted by Crippen LogP contribution is 2.37. The fourth-order valence-electron chi connectivity index (χ4n) is 2.48. The third kappa shape index (κ3) is 3.52. The third-order valence-electron chi connectivity index (χ3n) is 3.59. The van der Waals surface area contributed by atoms with Crippen LogP contribution >= 0.6 is 39.0 Å². The van der Waals surface area contributed by atoms with Crippen LogP contribution in [0.1, 0.15) is 26.9 Å². The van der Waals surface area contributed by atoms with Gasteiger partial charge in [-0.05, 0) is 45.9 Å². The molecular formula is C16H16BrNOS2. The maximum absolute atomic E-state index is 12.7. The molecule has 0 radical (unpaired) electrons. The molecule has 0 unspecified atom stereocenters. The van der Waals surface area contributed by atoms with Crippen molar-refractivity contribution in [3.63, 3.8) is 0 Å². The van der Waals surface area contributed by atoms with Crippen molar-refractivity contribution in [2.45, 2.75) is 11.7 Å². The van der Waals surface area contributed by atoms with Crippen molar-refractivity contribution in [3.05, 3.63) is 56.7 Å². The minimum absolute atomic E-state index is 0.134. The zero-order valence-corrected chi connectivity index (χ0v) is 14.7. The number of rotatable bonds is 2. The number of carbonyl (C=O) groups is 1. The molecule has 110 valence electrons. The first kappa shape index (κ1) is 15.1. The lowest BCUT2D eigenvalue weighted by Crippen LogP contribution is -2.33. The van der Waals surface area contributed by atoms with Crippen LogP contribution in [-0.2, 0) is 0 Å². The predicted octanol–water partition coefficient (Wildman–Crippen LogP) is 4.83. The number of amides is 1. The van der Waals surface area contributed by atoms with Crippen LogP contribution < -0.4 is 0 Å². The molecular weight excluding hydrogens is 366 g/mol. The lowest BCUT2D eigenvalue weighted by Gasteiger charge is -2.20. The van der Waals surface area contributed by atoms with Gasteiger partial charge in [-0.1, -0.05) is 18.2 Å². The van der Waals surface area contributed by atoms with Crippen molar-refractivity contribution in [2.24, 2.45) is 0 Å². The number of halogens is 1. The summed E-state index contributed by atoms with van der Waals surface area (Å²) in [5.74, 6) is 1.13. The van der Waals surface area contributed by atoms with Crippen LogP contribution in [-0.4, -0.2) is 29.6 Å². The van der Waals surface area contributed by atoms with Gasteiger partial charge in [0.1, 0.15) is 0 Å². The van der Waals surface area contributed by atoms with Crippen LogP contribution in [0.5, 0.6) is 0 Å². The van der Waals surface area contributed by atoms with E-state index in [-0.39, 0.29) is 5.91 Å². The highest BCUT2D eigenvalue weighted by Gasteiger charge is 2.24. The van der Waals surface area contributed by atoms with E-state index < -0.39 is 0 Å². The fraction of sp³-hybridized carbons (Fsp3) is 0.312. The van der Waals surface area contributed by atoms with E-state index in [4.69, 9.17) is 0 Å². The summed E-state index contributed by atoms with van der Waals surface area (Å²) < 4.78 is 0.877. The average molecular weight is 382 g/mol. The molecule has 1 aliphatic heterocycles. The number of carbonyl (C=O) groups excluding carboxylic acids is 1. The van der Waals surface area contributed by atoms with Gasteiger partial charge in [0.15, 0.2) is 0 Å². The fourth-order valence-corrected chi connectivity index (χ4v) is 5.17. The van der Waals surface area contributed by atoms with E-state index in [1.165, 1.54) is 4.88 Å². The summed E-state index contributed by atoms with van der Waals surface area (Å²) in [6, 6.07) is 12.0. The van der Waals surface area contributed by atoms with Crippen LogP contribution in [0.3, 0.4) is 0 Å². The normalized spacial score (nSPS) is 19.3. The van der Waals surface area contributed by atoms with E-state index in [9.17, 15) is 4.79 Å². The summed E-state index contributed by atoms with van der Waals surface area (Å²) in [4.78, 5) is 16.1. The van der Waals surface area contributed by atoms with Gasteiger partial charge >= 0.3 is 0 Å². The Hall–Kier alpha value is -0.780. The van der Waals surface area contributed by atoms with Crippen molar-refractivity contribution in [1.29, 1.82) is 0 Å². The summed E-state index contributed by atoms with van der Waals surface area (Å²) in [6.45, 7) is 1.66. The molecule has 1 aliphatic rings. The van der Waals surface area contributed by atoms with Gasteiger partial charge in [-0.25, -0.2) is 0 Å². The van der Waals surface area contributed by atoms with Crippen LogP contribution in [0.25, 0.3) is 0 Å². The molecule has 1 amide bonds. The van der Waals surface area contributed by atoms with Gasteiger partial charge in [-0.15, -0.1) is 11.3 Å². The minimum Gasteiger partial charge on any atom is -0.338 e. The van der Waals surface area contributed by atoms with E-state index in [1.807, 2.05) is 52.3 Å². The smallest absolute Gasteiger partial charge is 0.255 e. The molecule has 0 aliphatic carbocycles. The Labute approximate surface area is 141 Å². The summed E-state index contributed by atoms with van der Waals surface area (Å²) in [5.41, 5.74) is 0.761. The average Bonchev–Trinajstić information content (AvgIpc) is 2.92. The number of thiophene rings is 1. The van der Waals surface area contributed by atoms with E-state index in [2.05, 4.69) is 33.4 Å². The first-order chi connectivity index (χ1) is 10.3. The van der Waals surface area contributed by atoms with Crippen molar-refractivity contribution in [3.8, 4) is 0 Å². The molecule has 0 spiro atoms. The molecule has 2 aromatic rings. The van der Waals surface area contributed by atoms with Crippen LogP contribution in [0, 0.1) is 0 Å². The standard InChI is InChI=1S/C16H16BrNOS2/c17-13-5-2-1-4-12(13)16(19)18-8-7-15(21-11-9-18)14-6-3-10-20-14/h1-6,10,15H,7-9,11H2/t15-/m1/s1. The zero-order valence-electron chi connectivity index (χ0n) is 11.5. The van der Waals surface area contributed by atoms with Gasteiger partial charge in [0, 0.05) is 33.4 Å². The maximum atomic E-state index is 12.7. The van der Waals surface area contributed by atoms with Crippen LogP contribution in [0.4, 0.5) is 0 Å². The molecule has 0 saturated carbocycles. The van der Waals surface area contributed by atoms with Crippen LogP contribution in [0.2, 0.25) is 0 Å². The SMILES string of the molecule is O=C(c1ccccc1Br)N1CCS[C@@H](c2cccs2)CC1. The van der Waals surface area contributed by atoms with Crippen LogP contribution in [0.15, 0.2) is 46.3 Å². The molecule has 21 heavy (non-hydrogen) atoms. The molecule has 2 heterocycles. The Morgan fingerprint density at radius 3 is 2.81 bits per heavy atom. The highest BCUT2D eigenvalue weighted by atomic mass is 79.9. The first-order valence-electron chi connectivity index (χ1n) is 6.94. The van der Waals surface area contributed by atoms with Gasteiger partial charge in [-0.3, -0.25) is 4.79 Å². The lowest BCUT2D eigenvalue weighted by molar-refractivity contribution is 0.0766. The number of hydrogen-bond acceptors (Lipinski definition) is 3. The number of nitrogens with zero attached hydrogens (tertiary/aromatic N) is 1. The van der Waals surface area contributed by atoms with Gasteiger partial charge in [-0.2, -0.15) is 11.8 Å². The highest BCUT2D eigenvalue weighted by molar-refractivity contribution is 9.10. The second kappa shape index (κ2) is 6.99. The minimum atomic E-state index is 0.134. The summed E-state index contributed by atoms with van der Waals surface area (Å²) in [6.07, 6.45) is 1.03. The summed E-state index contributed by atoms with van der Waals surface area (Å²) in [5, 5.41) is 2.66.